The fourth-order valence-electron chi connectivity index (χ4n) is 2.14. The SMILES string of the molecule is CCCCCOc1ccc(NC(=O)c2ccc(C)nc2N)cc1. The number of aryl methyl sites for hydroxylation is 1. The number of aromatic nitrogens is 1. The van der Waals surface area contributed by atoms with Crippen molar-refractivity contribution in [1.29, 1.82) is 0 Å². The Morgan fingerprint density at radius 3 is 2.57 bits per heavy atom. The molecule has 0 aliphatic rings. The van der Waals surface area contributed by atoms with E-state index in [1.54, 1.807) is 12.1 Å². The number of rotatable bonds is 7. The summed E-state index contributed by atoms with van der Waals surface area (Å²) < 4.78 is 5.64. The first-order valence-electron chi connectivity index (χ1n) is 7.87. The predicted molar refractivity (Wildman–Crippen MR) is 92.8 cm³/mol. The first kappa shape index (κ1) is 16.8. The molecule has 3 N–H and O–H groups in total. The molecule has 0 spiro atoms. The van der Waals surface area contributed by atoms with Crippen molar-refractivity contribution in [3.05, 3.63) is 47.7 Å². The monoisotopic (exact) mass is 313 g/mol. The molecule has 2 rings (SSSR count). The maximum absolute atomic E-state index is 12.2. The second-order valence-electron chi connectivity index (χ2n) is 5.42. The zero-order valence-corrected chi connectivity index (χ0v) is 13.6. The van der Waals surface area contributed by atoms with Crippen LogP contribution in [0, 0.1) is 6.92 Å². The van der Waals surface area contributed by atoms with E-state index in [-0.39, 0.29) is 11.7 Å². The average molecular weight is 313 g/mol. The summed E-state index contributed by atoms with van der Waals surface area (Å²) in [4.78, 5) is 16.3. The van der Waals surface area contributed by atoms with Crippen molar-refractivity contribution in [1.82, 2.24) is 4.98 Å². The molecular formula is C18H23N3O2. The van der Waals surface area contributed by atoms with Gasteiger partial charge in [0, 0.05) is 11.4 Å². The summed E-state index contributed by atoms with van der Waals surface area (Å²) in [6.45, 7) is 4.70. The van der Waals surface area contributed by atoms with Gasteiger partial charge in [-0.15, -0.1) is 0 Å². The summed E-state index contributed by atoms with van der Waals surface area (Å²) in [5, 5.41) is 2.81. The second-order valence-corrected chi connectivity index (χ2v) is 5.42. The first-order chi connectivity index (χ1) is 11.1. The summed E-state index contributed by atoms with van der Waals surface area (Å²) in [6.07, 6.45) is 3.39. The van der Waals surface area contributed by atoms with E-state index in [4.69, 9.17) is 10.5 Å². The number of amides is 1. The van der Waals surface area contributed by atoms with E-state index in [0.717, 1.165) is 17.9 Å². The number of nitrogens with zero attached hydrogens (tertiary/aromatic N) is 1. The summed E-state index contributed by atoms with van der Waals surface area (Å²) in [5.74, 6) is 0.764. The molecular weight excluding hydrogens is 290 g/mol. The van der Waals surface area contributed by atoms with Crippen LogP contribution in [0.5, 0.6) is 5.75 Å². The average Bonchev–Trinajstić information content (AvgIpc) is 2.53. The quantitative estimate of drug-likeness (QED) is 0.762. The highest BCUT2D eigenvalue weighted by atomic mass is 16.5. The minimum Gasteiger partial charge on any atom is -0.494 e. The Hall–Kier alpha value is -2.56. The van der Waals surface area contributed by atoms with Crippen molar-refractivity contribution >= 4 is 17.4 Å². The van der Waals surface area contributed by atoms with E-state index < -0.39 is 0 Å². The largest absolute Gasteiger partial charge is 0.494 e. The van der Waals surface area contributed by atoms with Crippen LogP contribution in [-0.4, -0.2) is 17.5 Å². The zero-order valence-electron chi connectivity index (χ0n) is 13.6. The predicted octanol–water partition coefficient (Wildman–Crippen LogP) is 3.79. The molecule has 0 aliphatic heterocycles. The molecule has 0 atom stereocenters. The fourth-order valence-corrected chi connectivity index (χ4v) is 2.14. The molecule has 0 saturated heterocycles. The normalized spacial score (nSPS) is 10.3. The number of benzene rings is 1. The Balaban J connectivity index is 1.93. The third-order valence-corrected chi connectivity index (χ3v) is 3.44. The van der Waals surface area contributed by atoms with Crippen LogP contribution in [0.3, 0.4) is 0 Å². The third kappa shape index (κ3) is 4.98. The van der Waals surface area contributed by atoms with Gasteiger partial charge in [0.05, 0.1) is 12.2 Å². The number of carbonyl (C=O) groups is 1. The lowest BCUT2D eigenvalue weighted by atomic mass is 10.2. The van der Waals surface area contributed by atoms with Crippen LogP contribution in [0.15, 0.2) is 36.4 Å². The van der Waals surface area contributed by atoms with Crippen molar-refractivity contribution in [2.75, 3.05) is 17.7 Å². The van der Waals surface area contributed by atoms with Crippen molar-refractivity contribution in [2.24, 2.45) is 0 Å². The van der Waals surface area contributed by atoms with Gasteiger partial charge < -0.3 is 15.8 Å². The number of ether oxygens (including phenoxy) is 1. The maximum Gasteiger partial charge on any atom is 0.259 e. The summed E-state index contributed by atoms with van der Waals surface area (Å²) >= 11 is 0. The van der Waals surface area contributed by atoms with E-state index in [0.29, 0.717) is 17.9 Å². The lowest BCUT2D eigenvalue weighted by molar-refractivity contribution is 0.102. The highest BCUT2D eigenvalue weighted by molar-refractivity contribution is 6.07. The van der Waals surface area contributed by atoms with E-state index in [9.17, 15) is 4.79 Å². The van der Waals surface area contributed by atoms with E-state index in [2.05, 4.69) is 17.2 Å². The van der Waals surface area contributed by atoms with Gasteiger partial charge in [0.2, 0.25) is 0 Å². The molecule has 0 radical (unpaired) electrons. The Morgan fingerprint density at radius 2 is 1.91 bits per heavy atom. The van der Waals surface area contributed by atoms with Gasteiger partial charge in [0.1, 0.15) is 11.6 Å². The molecule has 5 heteroatoms. The molecule has 2 aromatic rings. The molecule has 1 heterocycles. The highest BCUT2D eigenvalue weighted by Gasteiger charge is 2.11. The zero-order chi connectivity index (χ0) is 16.7. The molecule has 0 fully saturated rings. The van der Waals surface area contributed by atoms with Crippen molar-refractivity contribution in [2.45, 2.75) is 33.1 Å². The van der Waals surface area contributed by atoms with Gasteiger partial charge in [-0.05, 0) is 49.7 Å². The molecule has 0 saturated carbocycles. The van der Waals surface area contributed by atoms with E-state index >= 15 is 0 Å². The number of carbonyl (C=O) groups excluding carboxylic acids is 1. The van der Waals surface area contributed by atoms with E-state index in [1.807, 2.05) is 31.2 Å². The molecule has 23 heavy (non-hydrogen) atoms. The van der Waals surface area contributed by atoms with Crippen LogP contribution in [0.2, 0.25) is 0 Å². The van der Waals surface area contributed by atoms with Crippen molar-refractivity contribution < 1.29 is 9.53 Å². The Kier molecular flexibility index (Phi) is 5.97. The Bertz CT molecular complexity index is 654. The molecule has 5 nitrogen and oxygen atoms in total. The molecule has 1 amide bonds. The van der Waals surface area contributed by atoms with Gasteiger partial charge in [-0.3, -0.25) is 4.79 Å². The number of anilines is 2. The lowest BCUT2D eigenvalue weighted by Crippen LogP contribution is -2.15. The minimum atomic E-state index is -0.272. The molecule has 0 aliphatic carbocycles. The van der Waals surface area contributed by atoms with Crippen LogP contribution in [-0.2, 0) is 0 Å². The number of nitrogen functional groups attached to an aromatic ring is 1. The van der Waals surface area contributed by atoms with Crippen molar-refractivity contribution in [3.63, 3.8) is 0 Å². The molecule has 122 valence electrons. The van der Waals surface area contributed by atoms with Crippen molar-refractivity contribution in [3.8, 4) is 5.75 Å². The fraction of sp³-hybridized carbons (Fsp3) is 0.333. The van der Waals surface area contributed by atoms with Crippen LogP contribution in [0.25, 0.3) is 0 Å². The molecule has 1 aromatic carbocycles. The number of hydrogen-bond donors (Lipinski definition) is 2. The molecule has 0 unspecified atom stereocenters. The summed E-state index contributed by atoms with van der Waals surface area (Å²) in [5.41, 5.74) is 7.63. The van der Waals surface area contributed by atoms with E-state index in [1.165, 1.54) is 12.8 Å². The Morgan fingerprint density at radius 1 is 1.17 bits per heavy atom. The van der Waals surface area contributed by atoms with Crippen LogP contribution >= 0.6 is 0 Å². The minimum absolute atomic E-state index is 0.235. The second kappa shape index (κ2) is 8.17. The molecule has 1 aromatic heterocycles. The third-order valence-electron chi connectivity index (χ3n) is 3.44. The number of hydrogen-bond acceptors (Lipinski definition) is 4. The lowest BCUT2D eigenvalue weighted by Gasteiger charge is -2.09. The Labute approximate surface area is 136 Å². The van der Waals surface area contributed by atoms with Crippen LogP contribution in [0.1, 0.15) is 42.2 Å². The van der Waals surface area contributed by atoms with Crippen LogP contribution in [0.4, 0.5) is 11.5 Å². The van der Waals surface area contributed by atoms with Gasteiger partial charge in [-0.2, -0.15) is 0 Å². The number of nitrogens with one attached hydrogen (secondary N) is 1. The summed E-state index contributed by atoms with van der Waals surface area (Å²) in [7, 11) is 0. The van der Waals surface area contributed by atoms with Gasteiger partial charge in [0.15, 0.2) is 0 Å². The van der Waals surface area contributed by atoms with Gasteiger partial charge in [0.25, 0.3) is 5.91 Å². The number of pyridine rings is 1. The molecule has 0 bridgehead atoms. The highest BCUT2D eigenvalue weighted by Crippen LogP contribution is 2.18. The standard InChI is InChI=1S/C18H23N3O2/c1-3-4-5-12-23-15-9-7-14(8-10-15)21-18(22)16-11-6-13(2)20-17(16)19/h6-11H,3-5,12H2,1-2H3,(H2,19,20)(H,21,22). The van der Waals surface area contributed by atoms with Crippen LogP contribution < -0.4 is 15.8 Å². The van der Waals surface area contributed by atoms with Gasteiger partial charge >= 0.3 is 0 Å². The number of unbranched alkanes of at least 4 members (excludes halogenated alkanes) is 2. The topological polar surface area (TPSA) is 77.2 Å². The van der Waals surface area contributed by atoms with Gasteiger partial charge in [-0.1, -0.05) is 19.8 Å². The first-order valence-corrected chi connectivity index (χ1v) is 7.87. The maximum atomic E-state index is 12.2. The van der Waals surface area contributed by atoms with Gasteiger partial charge in [-0.25, -0.2) is 4.98 Å². The smallest absolute Gasteiger partial charge is 0.259 e. The number of nitrogens with two attached hydrogens (primary N) is 1. The summed E-state index contributed by atoms with van der Waals surface area (Å²) in [6, 6.07) is 10.8.